The van der Waals surface area contributed by atoms with Crippen LogP contribution < -0.4 is 0 Å². The number of benzene rings is 2. The van der Waals surface area contributed by atoms with Crippen LogP contribution in [0.4, 0.5) is 0 Å². The average Bonchev–Trinajstić information content (AvgIpc) is 2.85. The van der Waals surface area contributed by atoms with Crippen LogP contribution >= 0.6 is 0 Å². The molecule has 1 aliphatic rings. The summed E-state index contributed by atoms with van der Waals surface area (Å²) in [5.74, 6) is -0.0916. The average molecular weight is 453 g/mol. The molecule has 1 fully saturated rings. The second-order valence-corrected chi connectivity index (χ2v) is 8.91. The lowest BCUT2D eigenvalue weighted by atomic mass is 9.95. The van der Waals surface area contributed by atoms with Gasteiger partial charge in [-0.3, -0.25) is 14.6 Å². The van der Waals surface area contributed by atoms with Crippen molar-refractivity contribution in [3.63, 3.8) is 0 Å². The minimum Gasteiger partial charge on any atom is -0.466 e. The van der Waals surface area contributed by atoms with Crippen molar-refractivity contribution in [1.29, 1.82) is 0 Å². The molecule has 1 unspecified atom stereocenters. The van der Waals surface area contributed by atoms with Crippen molar-refractivity contribution in [2.45, 2.75) is 70.8 Å². The van der Waals surface area contributed by atoms with E-state index in [4.69, 9.17) is 9.47 Å². The van der Waals surface area contributed by atoms with Crippen LogP contribution in [0.2, 0.25) is 0 Å². The fraction of sp³-hybridized carbons (Fsp3) is 0.536. The molecule has 0 saturated carbocycles. The zero-order valence-electron chi connectivity index (χ0n) is 20.5. The number of ether oxygens (including phenoxy) is 2. The summed E-state index contributed by atoms with van der Waals surface area (Å²) in [6.45, 7) is 8.24. The van der Waals surface area contributed by atoms with Gasteiger partial charge in [0.2, 0.25) is 0 Å². The Labute approximate surface area is 199 Å². The maximum absolute atomic E-state index is 11.9. The molecule has 0 aliphatic carbocycles. The van der Waals surface area contributed by atoms with E-state index in [0.717, 1.165) is 45.4 Å². The van der Waals surface area contributed by atoms with E-state index >= 15 is 0 Å². The molecule has 0 bridgehead atoms. The third-order valence-electron chi connectivity index (χ3n) is 6.76. The second-order valence-electron chi connectivity index (χ2n) is 8.91. The number of carbonyl (C=O) groups excluding carboxylic acids is 1. The molecule has 1 aliphatic heterocycles. The maximum atomic E-state index is 11.9. The molecule has 0 amide bonds. The van der Waals surface area contributed by atoms with E-state index in [1.165, 1.54) is 11.1 Å². The SMILES string of the molecule is CCOC(=O)CCC(CC)N1CC[C@@H](N(Cc2ccccc2)Cc2ccccc2)[C@@H](OC)C1. The molecular weight excluding hydrogens is 412 g/mol. The van der Waals surface area contributed by atoms with Gasteiger partial charge in [-0.2, -0.15) is 0 Å². The van der Waals surface area contributed by atoms with Crippen molar-refractivity contribution in [1.82, 2.24) is 9.80 Å². The Bertz CT molecular complexity index is 773. The monoisotopic (exact) mass is 452 g/mol. The minimum atomic E-state index is -0.0916. The Balaban J connectivity index is 1.70. The van der Waals surface area contributed by atoms with Crippen molar-refractivity contribution < 1.29 is 14.3 Å². The molecular formula is C28H40N2O3. The zero-order valence-corrected chi connectivity index (χ0v) is 20.5. The van der Waals surface area contributed by atoms with Gasteiger partial charge in [-0.1, -0.05) is 67.6 Å². The van der Waals surface area contributed by atoms with Gasteiger partial charge in [0.1, 0.15) is 0 Å². The van der Waals surface area contributed by atoms with Crippen LogP contribution in [0.1, 0.15) is 50.7 Å². The summed E-state index contributed by atoms with van der Waals surface area (Å²) in [5, 5.41) is 0. The molecule has 5 nitrogen and oxygen atoms in total. The molecule has 1 heterocycles. The third kappa shape index (κ3) is 7.66. The molecule has 3 rings (SSSR count). The Morgan fingerprint density at radius 1 is 1.03 bits per heavy atom. The summed E-state index contributed by atoms with van der Waals surface area (Å²) in [6, 6.07) is 22.1. The first-order valence-electron chi connectivity index (χ1n) is 12.4. The van der Waals surface area contributed by atoms with Crippen LogP contribution in [0, 0.1) is 0 Å². The normalized spacial score (nSPS) is 20.0. The number of rotatable bonds is 12. The van der Waals surface area contributed by atoms with Gasteiger partial charge in [-0.15, -0.1) is 0 Å². The number of hydrogen-bond donors (Lipinski definition) is 0. The van der Waals surface area contributed by atoms with Gasteiger partial charge in [0.15, 0.2) is 0 Å². The fourth-order valence-electron chi connectivity index (χ4n) is 5.00. The van der Waals surface area contributed by atoms with Crippen LogP contribution in [0.3, 0.4) is 0 Å². The highest BCUT2D eigenvalue weighted by molar-refractivity contribution is 5.69. The van der Waals surface area contributed by atoms with Gasteiger partial charge in [0, 0.05) is 51.8 Å². The molecule has 180 valence electrons. The Kier molecular flexibility index (Phi) is 10.4. The van der Waals surface area contributed by atoms with Crippen molar-refractivity contribution in [2.75, 3.05) is 26.8 Å². The summed E-state index contributed by atoms with van der Waals surface area (Å²) in [7, 11) is 1.84. The summed E-state index contributed by atoms with van der Waals surface area (Å²) in [5.41, 5.74) is 2.65. The quantitative estimate of drug-likeness (QED) is 0.429. The van der Waals surface area contributed by atoms with E-state index in [0.29, 0.717) is 25.1 Å². The van der Waals surface area contributed by atoms with E-state index in [-0.39, 0.29) is 12.1 Å². The lowest BCUT2D eigenvalue weighted by molar-refractivity contribution is -0.143. The van der Waals surface area contributed by atoms with Gasteiger partial charge in [0.05, 0.1) is 12.7 Å². The van der Waals surface area contributed by atoms with Gasteiger partial charge in [-0.25, -0.2) is 0 Å². The van der Waals surface area contributed by atoms with E-state index in [2.05, 4.69) is 77.4 Å². The van der Waals surface area contributed by atoms with E-state index in [1.54, 1.807) is 0 Å². The number of esters is 1. The van der Waals surface area contributed by atoms with Crippen molar-refractivity contribution >= 4 is 5.97 Å². The predicted octanol–water partition coefficient (Wildman–Crippen LogP) is 4.90. The van der Waals surface area contributed by atoms with Crippen molar-refractivity contribution in [2.24, 2.45) is 0 Å². The van der Waals surface area contributed by atoms with Crippen LogP contribution in [0.15, 0.2) is 60.7 Å². The summed E-state index contributed by atoms with van der Waals surface area (Å²) in [4.78, 5) is 17.0. The molecule has 5 heteroatoms. The molecule has 2 aromatic rings. The summed E-state index contributed by atoms with van der Waals surface area (Å²) >= 11 is 0. The number of methoxy groups -OCH3 is 1. The lowest BCUT2D eigenvalue weighted by Crippen LogP contribution is -2.56. The number of hydrogen-bond acceptors (Lipinski definition) is 5. The van der Waals surface area contributed by atoms with Crippen LogP contribution in [0.5, 0.6) is 0 Å². The first kappa shape index (κ1) is 25.4. The minimum absolute atomic E-state index is 0.0916. The molecule has 3 atom stereocenters. The topological polar surface area (TPSA) is 42.0 Å². The lowest BCUT2D eigenvalue weighted by Gasteiger charge is -2.45. The number of likely N-dealkylation sites (tertiary alicyclic amines) is 1. The Hall–Kier alpha value is -2.21. The zero-order chi connectivity index (χ0) is 23.5. The number of nitrogens with zero attached hydrogens (tertiary/aromatic N) is 2. The highest BCUT2D eigenvalue weighted by atomic mass is 16.5. The number of carbonyl (C=O) groups is 1. The van der Waals surface area contributed by atoms with Crippen molar-refractivity contribution in [3.8, 4) is 0 Å². The van der Waals surface area contributed by atoms with E-state index in [9.17, 15) is 4.79 Å². The smallest absolute Gasteiger partial charge is 0.305 e. The molecule has 2 aromatic carbocycles. The highest BCUT2D eigenvalue weighted by Gasteiger charge is 2.35. The molecule has 0 aromatic heterocycles. The summed E-state index contributed by atoms with van der Waals surface area (Å²) in [6.07, 6.45) is 3.53. The second kappa shape index (κ2) is 13.5. The standard InChI is InChI=1S/C28H40N2O3/c1-4-25(16-17-28(31)33-5-2)29-19-18-26(27(22-29)32-3)30(20-23-12-8-6-9-13-23)21-24-14-10-7-11-15-24/h6-15,25-27H,4-5,16-22H2,1-3H3/t25?,26-,27+/m1/s1. The molecule has 0 radical (unpaired) electrons. The third-order valence-corrected chi connectivity index (χ3v) is 6.76. The van der Waals surface area contributed by atoms with Gasteiger partial charge >= 0.3 is 5.97 Å². The van der Waals surface area contributed by atoms with Gasteiger partial charge < -0.3 is 9.47 Å². The molecule has 0 spiro atoms. The maximum Gasteiger partial charge on any atom is 0.305 e. The Morgan fingerprint density at radius 2 is 1.64 bits per heavy atom. The first-order valence-corrected chi connectivity index (χ1v) is 12.4. The highest BCUT2D eigenvalue weighted by Crippen LogP contribution is 2.26. The summed E-state index contributed by atoms with van der Waals surface area (Å²) < 4.78 is 11.2. The first-order chi connectivity index (χ1) is 16.1. The Morgan fingerprint density at radius 3 is 2.15 bits per heavy atom. The number of piperidine rings is 1. The molecule has 0 N–H and O–H groups in total. The predicted molar refractivity (Wildman–Crippen MR) is 133 cm³/mol. The van der Waals surface area contributed by atoms with Crippen LogP contribution in [0.25, 0.3) is 0 Å². The van der Waals surface area contributed by atoms with E-state index in [1.807, 2.05) is 14.0 Å². The molecule has 33 heavy (non-hydrogen) atoms. The van der Waals surface area contributed by atoms with Crippen LogP contribution in [-0.4, -0.2) is 60.8 Å². The van der Waals surface area contributed by atoms with Crippen molar-refractivity contribution in [3.05, 3.63) is 71.8 Å². The van der Waals surface area contributed by atoms with Gasteiger partial charge in [-0.05, 0) is 37.3 Å². The molecule has 1 saturated heterocycles. The fourth-order valence-corrected chi connectivity index (χ4v) is 5.00. The van der Waals surface area contributed by atoms with Crippen LogP contribution in [-0.2, 0) is 27.4 Å². The largest absolute Gasteiger partial charge is 0.466 e. The van der Waals surface area contributed by atoms with Gasteiger partial charge in [0.25, 0.3) is 0 Å². The van der Waals surface area contributed by atoms with E-state index < -0.39 is 0 Å².